The molecule has 1 aromatic carbocycles. The van der Waals surface area contributed by atoms with Gasteiger partial charge >= 0.3 is 0 Å². The minimum atomic E-state index is 0.537. The minimum absolute atomic E-state index is 0.537. The molecule has 0 aliphatic rings. The fourth-order valence-corrected chi connectivity index (χ4v) is 2.27. The quantitative estimate of drug-likeness (QED) is 0.731. The summed E-state index contributed by atoms with van der Waals surface area (Å²) < 4.78 is 12.1. The maximum Gasteiger partial charge on any atom is 0.171 e. The molecule has 0 saturated carbocycles. The van der Waals surface area contributed by atoms with Crippen molar-refractivity contribution in [2.75, 3.05) is 12.8 Å². The van der Waals surface area contributed by atoms with Crippen molar-refractivity contribution in [3.8, 4) is 17.2 Å². The average Bonchev–Trinajstić information content (AvgIpc) is 2.47. The molecule has 5 nitrogen and oxygen atoms in total. The van der Waals surface area contributed by atoms with Gasteiger partial charge in [0.15, 0.2) is 17.2 Å². The number of nitrogens with two attached hydrogens (primary N) is 1. The van der Waals surface area contributed by atoms with Crippen molar-refractivity contribution in [3.05, 3.63) is 47.2 Å². The molecular weight excluding hydrogens is 334 g/mol. The third kappa shape index (κ3) is 2.75. The van der Waals surface area contributed by atoms with Crippen molar-refractivity contribution in [1.29, 1.82) is 0 Å². The van der Waals surface area contributed by atoms with Crippen LogP contribution >= 0.6 is 15.9 Å². The van der Waals surface area contributed by atoms with Crippen LogP contribution in [0.5, 0.6) is 17.2 Å². The number of hydrogen-bond acceptors (Lipinski definition) is 5. The largest absolute Gasteiger partial charge is 0.493 e. The van der Waals surface area contributed by atoms with Gasteiger partial charge in [-0.1, -0.05) is 0 Å². The standard InChI is InChI=1S/C15H12BrN3O2/c1-20-12-3-2-10(17)7-14(12)21-13-4-5-18-11-6-9(16)8-19-15(11)13/h2-8H,17H2,1H3. The van der Waals surface area contributed by atoms with Crippen molar-refractivity contribution >= 4 is 32.7 Å². The first kappa shape index (κ1) is 13.6. The Kier molecular flexibility index (Phi) is 3.62. The van der Waals surface area contributed by atoms with Crippen molar-refractivity contribution in [2.24, 2.45) is 0 Å². The Morgan fingerprint density at radius 1 is 1.05 bits per heavy atom. The van der Waals surface area contributed by atoms with Crippen LogP contribution in [-0.4, -0.2) is 17.1 Å². The van der Waals surface area contributed by atoms with Gasteiger partial charge in [-0.05, 0) is 34.1 Å². The fourth-order valence-electron chi connectivity index (χ4n) is 1.95. The summed E-state index contributed by atoms with van der Waals surface area (Å²) in [7, 11) is 1.58. The van der Waals surface area contributed by atoms with Crippen molar-refractivity contribution in [3.63, 3.8) is 0 Å². The number of fused-ring (bicyclic) bond motifs is 1. The van der Waals surface area contributed by atoms with Gasteiger partial charge in [-0.3, -0.25) is 4.98 Å². The van der Waals surface area contributed by atoms with E-state index in [1.54, 1.807) is 43.8 Å². The van der Waals surface area contributed by atoms with Gasteiger partial charge in [-0.2, -0.15) is 0 Å². The molecule has 2 aromatic heterocycles. The van der Waals surface area contributed by atoms with Crippen LogP contribution in [0.2, 0.25) is 0 Å². The number of benzene rings is 1. The molecule has 0 bridgehead atoms. The molecule has 0 atom stereocenters. The van der Waals surface area contributed by atoms with Gasteiger partial charge in [0, 0.05) is 34.7 Å². The summed E-state index contributed by atoms with van der Waals surface area (Å²) in [5.74, 6) is 1.73. The molecule has 0 saturated heterocycles. The zero-order valence-corrected chi connectivity index (χ0v) is 12.8. The summed E-state index contributed by atoms with van der Waals surface area (Å²) in [5.41, 5.74) is 7.81. The Balaban J connectivity index is 2.08. The van der Waals surface area contributed by atoms with Crippen LogP contribution in [0.1, 0.15) is 0 Å². The molecule has 0 aliphatic carbocycles. The number of hydrogen-bond donors (Lipinski definition) is 1. The lowest BCUT2D eigenvalue weighted by molar-refractivity contribution is 0.380. The molecule has 2 N–H and O–H groups in total. The SMILES string of the molecule is COc1ccc(N)cc1Oc1ccnc2cc(Br)cnc12. The molecule has 6 heteroatoms. The predicted molar refractivity (Wildman–Crippen MR) is 84.7 cm³/mol. The van der Waals surface area contributed by atoms with Crippen LogP contribution in [0.15, 0.2) is 47.2 Å². The number of rotatable bonds is 3. The summed E-state index contributed by atoms with van der Waals surface area (Å²) in [6.45, 7) is 0. The summed E-state index contributed by atoms with van der Waals surface area (Å²) in [6.07, 6.45) is 3.37. The second-order valence-corrected chi connectivity index (χ2v) is 5.26. The number of halogens is 1. The molecule has 0 amide bonds. The van der Waals surface area contributed by atoms with E-state index in [0.717, 1.165) is 9.99 Å². The Morgan fingerprint density at radius 3 is 2.71 bits per heavy atom. The van der Waals surface area contributed by atoms with Crippen LogP contribution in [-0.2, 0) is 0 Å². The molecule has 0 radical (unpaired) electrons. The number of nitrogens with zero attached hydrogens (tertiary/aromatic N) is 2. The van der Waals surface area contributed by atoms with Gasteiger partial charge in [-0.25, -0.2) is 4.98 Å². The lowest BCUT2D eigenvalue weighted by atomic mass is 10.2. The molecule has 21 heavy (non-hydrogen) atoms. The van der Waals surface area contributed by atoms with Gasteiger partial charge < -0.3 is 15.2 Å². The second kappa shape index (κ2) is 5.57. The highest BCUT2D eigenvalue weighted by Crippen LogP contribution is 2.35. The zero-order chi connectivity index (χ0) is 14.8. The van der Waals surface area contributed by atoms with Gasteiger partial charge in [-0.15, -0.1) is 0 Å². The Labute approximate surface area is 129 Å². The monoisotopic (exact) mass is 345 g/mol. The fraction of sp³-hybridized carbons (Fsp3) is 0.0667. The van der Waals surface area contributed by atoms with E-state index in [1.165, 1.54) is 0 Å². The van der Waals surface area contributed by atoms with E-state index < -0.39 is 0 Å². The highest BCUT2D eigenvalue weighted by molar-refractivity contribution is 9.10. The van der Waals surface area contributed by atoms with Crippen LogP contribution in [0.4, 0.5) is 5.69 Å². The van der Waals surface area contributed by atoms with E-state index in [-0.39, 0.29) is 0 Å². The van der Waals surface area contributed by atoms with Crippen LogP contribution in [0, 0.1) is 0 Å². The first-order valence-electron chi connectivity index (χ1n) is 6.19. The summed E-state index contributed by atoms with van der Waals surface area (Å²) in [5, 5.41) is 0. The molecule has 0 fully saturated rings. The van der Waals surface area contributed by atoms with Crippen molar-refractivity contribution in [2.45, 2.75) is 0 Å². The summed E-state index contributed by atoms with van der Waals surface area (Å²) in [4.78, 5) is 8.62. The molecule has 0 spiro atoms. The number of methoxy groups -OCH3 is 1. The van der Waals surface area contributed by atoms with Gasteiger partial charge in [0.05, 0.1) is 12.6 Å². The molecule has 0 unspecified atom stereocenters. The molecular formula is C15H12BrN3O2. The Morgan fingerprint density at radius 2 is 1.90 bits per heavy atom. The summed E-state index contributed by atoms with van der Waals surface area (Å²) in [6, 6.07) is 8.87. The lowest BCUT2D eigenvalue weighted by Gasteiger charge is -2.12. The third-order valence-electron chi connectivity index (χ3n) is 2.91. The highest BCUT2D eigenvalue weighted by Gasteiger charge is 2.10. The van der Waals surface area contributed by atoms with E-state index in [2.05, 4.69) is 25.9 Å². The first-order valence-corrected chi connectivity index (χ1v) is 6.98. The van der Waals surface area contributed by atoms with E-state index in [0.29, 0.717) is 28.5 Å². The Hall–Kier alpha value is -2.34. The van der Waals surface area contributed by atoms with Crippen LogP contribution < -0.4 is 15.2 Å². The van der Waals surface area contributed by atoms with Gasteiger partial charge in [0.25, 0.3) is 0 Å². The number of pyridine rings is 2. The molecule has 3 rings (SSSR count). The van der Waals surface area contributed by atoms with Crippen LogP contribution in [0.25, 0.3) is 11.0 Å². The molecule has 2 heterocycles. The van der Waals surface area contributed by atoms with E-state index in [4.69, 9.17) is 15.2 Å². The van der Waals surface area contributed by atoms with Gasteiger partial charge in [0.1, 0.15) is 5.52 Å². The number of anilines is 1. The third-order valence-corrected chi connectivity index (χ3v) is 3.35. The van der Waals surface area contributed by atoms with Crippen LogP contribution in [0.3, 0.4) is 0 Å². The molecule has 3 aromatic rings. The Bertz CT molecular complexity index is 808. The van der Waals surface area contributed by atoms with Crippen molar-refractivity contribution in [1.82, 2.24) is 9.97 Å². The highest BCUT2D eigenvalue weighted by atomic mass is 79.9. The number of nitrogen functional groups attached to an aromatic ring is 1. The molecule has 106 valence electrons. The maximum atomic E-state index is 5.91. The predicted octanol–water partition coefficient (Wildman–Crippen LogP) is 3.78. The average molecular weight is 346 g/mol. The normalized spacial score (nSPS) is 10.6. The second-order valence-electron chi connectivity index (χ2n) is 4.34. The van der Waals surface area contributed by atoms with Crippen molar-refractivity contribution < 1.29 is 9.47 Å². The minimum Gasteiger partial charge on any atom is -0.493 e. The zero-order valence-electron chi connectivity index (χ0n) is 11.2. The van der Waals surface area contributed by atoms with Gasteiger partial charge in [0.2, 0.25) is 0 Å². The lowest BCUT2D eigenvalue weighted by Crippen LogP contribution is -1.94. The number of ether oxygens (including phenoxy) is 2. The first-order chi connectivity index (χ1) is 10.2. The maximum absolute atomic E-state index is 5.91. The van der Waals surface area contributed by atoms with E-state index in [1.807, 2.05) is 6.07 Å². The topological polar surface area (TPSA) is 70.3 Å². The summed E-state index contributed by atoms with van der Waals surface area (Å²) >= 11 is 3.38. The number of aromatic nitrogens is 2. The smallest absolute Gasteiger partial charge is 0.171 e. The van der Waals surface area contributed by atoms with E-state index >= 15 is 0 Å². The van der Waals surface area contributed by atoms with E-state index in [9.17, 15) is 0 Å². The molecule has 0 aliphatic heterocycles.